The smallest absolute Gasteiger partial charge is 0.178 e. The summed E-state index contributed by atoms with van der Waals surface area (Å²) in [5.41, 5.74) is 3.38. The van der Waals surface area contributed by atoms with E-state index in [1.54, 1.807) is 4.68 Å². The lowest BCUT2D eigenvalue weighted by Crippen LogP contribution is -2.16. The molecule has 0 saturated heterocycles. The summed E-state index contributed by atoms with van der Waals surface area (Å²) in [5.74, 6) is 1.61. The van der Waals surface area contributed by atoms with Crippen LogP contribution in [0.5, 0.6) is 0 Å². The fourth-order valence-corrected chi connectivity index (χ4v) is 2.75. The van der Waals surface area contributed by atoms with Crippen molar-refractivity contribution < 1.29 is 0 Å². The van der Waals surface area contributed by atoms with Crippen molar-refractivity contribution in [2.45, 2.75) is 33.4 Å². The van der Waals surface area contributed by atoms with Gasteiger partial charge in [0.1, 0.15) is 11.5 Å². The first-order valence-electron chi connectivity index (χ1n) is 6.91. The zero-order valence-corrected chi connectivity index (χ0v) is 12.3. The predicted molar refractivity (Wildman–Crippen MR) is 76.9 cm³/mol. The van der Waals surface area contributed by atoms with Crippen LogP contribution in [0, 0.1) is 13.8 Å². The molecule has 6 heteroatoms. The second-order valence-electron chi connectivity index (χ2n) is 5.26. The van der Waals surface area contributed by atoms with Gasteiger partial charge in [-0.3, -0.25) is 4.68 Å². The Hall–Kier alpha value is -2.11. The largest absolute Gasteiger partial charge is 0.372 e. The first-order valence-corrected chi connectivity index (χ1v) is 6.91. The van der Waals surface area contributed by atoms with Gasteiger partial charge in [-0.15, -0.1) is 0 Å². The van der Waals surface area contributed by atoms with E-state index < -0.39 is 0 Å². The van der Waals surface area contributed by atoms with Crippen LogP contribution in [-0.2, 0) is 20.1 Å². The molecule has 20 heavy (non-hydrogen) atoms. The van der Waals surface area contributed by atoms with Crippen molar-refractivity contribution in [3.8, 4) is 11.5 Å². The van der Waals surface area contributed by atoms with Crippen LogP contribution in [0.2, 0.25) is 0 Å². The normalized spacial score (nSPS) is 15.1. The number of aromatic nitrogens is 5. The highest BCUT2D eigenvalue weighted by Gasteiger charge is 2.22. The number of rotatable bonds is 2. The van der Waals surface area contributed by atoms with E-state index in [0.717, 1.165) is 43.4 Å². The third kappa shape index (κ3) is 2.01. The van der Waals surface area contributed by atoms with Gasteiger partial charge in [0.05, 0.1) is 12.2 Å². The van der Waals surface area contributed by atoms with E-state index in [9.17, 15) is 0 Å². The van der Waals surface area contributed by atoms with Gasteiger partial charge in [0.2, 0.25) is 0 Å². The van der Waals surface area contributed by atoms with E-state index in [1.807, 2.05) is 20.2 Å². The number of fused-ring (bicyclic) bond motifs is 1. The maximum absolute atomic E-state index is 4.76. The van der Waals surface area contributed by atoms with E-state index in [1.165, 1.54) is 11.3 Å². The summed E-state index contributed by atoms with van der Waals surface area (Å²) in [6, 6.07) is 0. The highest BCUT2D eigenvalue weighted by molar-refractivity contribution is 5.56. The Bertz CT molecular complexity index is 651. The van der Waals surface area contributed by atoms with Crippen LogP contribution >= 0.6 is 0 Å². The number of nitrogens with zero attached hydrogens (tertiary/aromatic N) is 6. The highest BCUT2D eigenvalue weighted by Crippen LogP contribution is 2.26. The summed E-state index contributed by atoms with van der Waals surface area (Å²) in [7, 11) is 1.91. The number of hydrogen-bond donors (Lipinski definition) is 0. The Morgan fingerprint density at radius 2 is 2.00 bits per heavy atom. The molecule has 0 atom stereocenters. The molecule has 3 heterocycles. The maximum atomic E-state index is 4.76. The van der Waals surface area contributed by atoms with Crippen molar-refractivity contribution in [2.24, 2.45) is 7.05 Å². The van der Waals surface area contributed by atoms with E-state index in [-0.39, 0.29) is 0 Å². The zero-order chi connectivity index (χ0) is 14.3. The van der Waals surface area contributed by atoms with Crippen LogP contribution in [0.1, 0.15) is 23.5 Å². The van der Waals surface area contributed by atoms with Crippen LogP contribution in [0.4, 0.5) is 0 Å². The van der Waals surface area contributed by atoms with Crippen molar-refractivity contribution in [1.29, 1.82) is 0 Å². The van der Waals surface area contributed by atoms with Crippen LogP contribution < -0.4 is 0 Å². The SMILES string of the molecule is C=CN1CCCn2nc(-c3nc(C)nn3C)c(C)c2C1. The third-order valence-electron chi connectivity index (χ3n) is 3.83. The number of hydrogen-bond acceptors (Lipinski definition) is 4. The lowest BCUT2D eigenvalue weighted by Gasteiger charge is -2.16. The molecule has 6 nitrogen and oxygen atoms in total. The monoisotopic (exact) mass is 272 g/mol. The Labute approximate surface area is 118 Å². The van der Waals surface area contributed by atoms with Crippen LogP contribution in [0.3, 0.4) is 0 Å². The Morgan fingerprint density at radius 1 is 1.20 bits per heavy atom. The third-order valence-corrected chi connectivity index (χ3v) is 3.83. The minimum Gasteiger partial charge on any atom is -0.372 e. The van der Waals surface area contributed by atoms with Crippen LogP contribution in [0.25, 0.3) is 11.5 Å². The lowest BCUT2D eigenvalue weighted by atomic mass is 10.2. The molecule has 0 aliphatic carbocycles. The fraction of sp³-hybridized carbons (Fsp3) is 0.500. The quantitative estimate of drug-likeness (QED) is 0.834. The first kappa shape index (κ1) is 12.9. The Morgan fingerprint density at radius 3 is 2.65 bits per heavy atom. The summed E-state index contributed by atoms with van der Waals surface area (Å²) < 4.78 is 3.91. The second-order valence-corrected chi connectivity index (χ2v) is 5.26. The molecular formula is C14H20N6. The Balaban J connectivity index is 2.07. The van der Waals surface area contributed by atoms with Gasteiger partial charge < -0.3 is 4.90 Å². The Kier molecular flexibility index (Phi) is 3.08. The van der Waals surface area contributed by atoms with Crippen molar-refractivity contribution in [3.05, 3.63) is 29.9 Å². The minimum atomic E-state index is 0.776. The molecule has 0 amide bonds. The van der Waals surface area contributed by atoms with Gasteiger partial charge in [0.25, 0.3) is 0 Å². The van der Waals surface area contributed by atoms with Gasteiger partial charge in [-0.25, -0.2) is 9.67 Å². The fourth-order valence-electron chi connectivity index (χ4n) is 2.75. The molecule has 2 aromatic heterocycles. The molecule has 0 fully saturated rings. The maximum Gasteiger partial charge on any atom is 0.178 e. The summed E-state index contributed by atoms with van der Waals surface area (Å²) in [5, 5.41) is 9.07. The van der Waals surface area contributed by atoms with E-state index in [4.69, 9.17) is 5.10 Å². The summed E-state index contributed by atoms with van der Waals surface area (Å²) >= 11 is 0. The van der Waals surface area contributed by atoms with Crippen molar-refractivity contribution >= 4 is 0 Å². The predicted octanol–water partition coefficient (Wildman–Crippen LogP) is 1.64. The molecule has 0 aromatic carbocycles. The molecule has 0 spiro atoms. The molecule has 0 unspecified atom stereocenters. The van der Waals surface area contributed by atoms with Gasteiger partial charge in [0, 0.05) is 25.7 Å². The van der Waals surface area contributed by atoms with E-state index in [0.29, 0.717) is 0 Å². The van der Waals surface area contributed by atoms with Gasteiger partial charge in [-0.1, -0.05) is 6.58 Å². The summed E-state index contributed by atoms with van der Waals surface area (Å²) in [4.78, 5) is 6.72. The van der Waals surface area contributed by atoms with Gasteiger partial charge >= 0.3 is 0 Å². The molecular weight excluding hydrogens is 252 g/mol. The standard InChI is InChI=1S/C14H20N6/c1-5-19-7-6-8-20-12(9-19)10(2)13(17-20)14-15-11(3)16-18(14)4/h5H,1,6-9H2,2-4H3. The topological polar surface area (TPSA) is 51.8 Å². The molecule has 0 radical (unpaired) electrons. The highest BCUT2D eigenvalue weighted by atomic mass is 15.4. The molecule has 0 saturated carbocycles. The van der Waals surface area contributed by atoms with Crippen molar-refractivity contribution in [2.75, 3.05) is 6.54 Å². The molecule has 0 N–H and O–H groups in total. The van der Waals surface area contributed by atoms with Crippen LogP contribution in [-0.4, -0.2) is 36.0 Å². The van der Waals surface area contributed by atoms with E-state index >= 15 is 0 Å². The molecule has 1 aliphatic rings. The number of aryl methyl sites for hydroxylation is 3. The molecule has 106 valence electrons. The average Bonchev–Trinajstić information content (AvgIpc) is 2.81. The summed E-state index contributed by atoms with van der Waals surface area (Å²) in [6.07, 6.45) is 2.99. The van der Waals surface area contributed by atoms with Gasteiger partial charge in [-0.05, 0) is 26.5 Å². The van der Waals surface area contributed by atoms with Crippen LogP contribution in [0.15, 0.2) is 12.8 Å². The zero-order valence-electron chi connectivity index (χ0n) is 12.3. The molecule has 2 aromatic rings. The second kappa shape index (κ2) is 4.77. The average molecular weight is 272 g/mol. The summed E-state index contributed by atoms with van der Waals surface area (Å²) in [6.45, 7) is 10.7. The lowest BCUT2D eigenvalue weighted by molar-refractivity contribution is 0.374. The van der Waals surface area contributed by atoms with Crippen molar-refractivity contribution in [3.63, 3.8) is 0 Å². The molecule has 3 rings (SSSR count). The van der Waals surface area contributed by atoms with E-state index in [2.05, 4.69) is 33.2 Å². The molecule has 1 aliphatic heterocycles. The first-order chi connectivity index (χ1) is 9.60. The van der Waals surface area contributed by atoms with Gasteiger partial charge in [-0.2, -0.15) is 10.2 Å². The van der Waals surface area contributed by atoms with Gasteiger partial charge in [0.15, 0.2) is 5.82 Å². The van der Waals surface area contributed by atoms with Crippen molar-refractivity contribution in [1.82, 2.24) is 29.4 Å². The molecule has 0 bridgehead atoms. The minimum absolute atomic E-state index is 0.776.